The van der Waals surface area contributed by atoms with Crippen molar-refractivity contribution in [1.82, 2.24) is 0 Å². The van der Waals surface area contributed by atoms with Gasteiger partial charge in [0, 0.05) is 32.9 Å². The summed E-state index contributed by atoms with van der Waals surface area (Å²) in [4.78, 5) is 0. The van der Waals surface area contributed by atoms with E-state index in [9.17, 15) is 25.2 Å². The Labute approximate surface area is 169 Å². The van der Waals surface area contributed by atoms with E-state index in [4.69, 9.17) is 5.26 Å². The van der Waals surface area contributed by atoms with Crippen LogP contribution in [0.1, 0.15) is 41.5 Å². The third-order valence-corrected chi connectivity index (χ3v) is 2.81. The van der Waals surface area contributed by atoms with E-state index in [1.807, 2.05) is 0 Å². The molecule has 1 aliphatic rings. The number of allylic oxidation sites excluding steroid dienone is 4. The molecular formula is C16H30F6IrNP2-2. The molecule has 0 unspecified atom stereocenters. The molecule has 0 aromatic rings. The number of rotatable bonds is 0. The molecule has 26 heavy (non-hydrogen) atoms. The van der Waals surface area contributed by atoms with Crippen LogP contribution in [0.25, 0.3) is 0 Å². The molecule has 0 amide bonds. The number of nitrogens with zero attached hydrogens (tertiary/aromatic N) is 1. The van der Waals surface area contributed by atoms with Crippen molar-refractivity contribution in [3.8, 4) is 6.07 Å². The Morgan fingerprint density at radius 3 is 0.885 bits per heavy atom. The van der Waals surface area contributed by atoms with Crippen LogP contribution in [-0.4, -0.2) is 20.0 Å². The van der Waals surface area contributed by atoms with Crippen LogP contribution in [0.3, 0.4) is 0 Å². The molecule has 0 N–H and O–H groups in total. The fourth-order valence-electron chi connectivity index (χ4n) is 1.41. The largest absolute Gasteiger partial charge is 0.358 e. The summed E-state index contributed by atoms with van der Waals surface area (Å²) in [5.74, 6) is 1.47. The van der Waals surface area contributed by atoms with Crippen LogP contribution < -0.4 is 0 Å². The van der Waals surface area contributed by atoms with Crippen LogP contribution in [0.5, 0.6) is 0 Å². The summed E-state index contributed by atoms with van der Waals surface area (Å²) in [5.41, 5.74) is 5.87. The molecule has 0 spiro atoms. The first-order chi connectivity index (χ1) is 10.1. The zero-order valence-corrected chi connectivity index (χ0v) is 21.1. The van der Waals surface area contributed by atoms with Crippen LogP contribution in [-0.2, 0) is 20.1 Å². The number of hydrogen-bond acceptors (Lipinski definition) is 1. The first kappa shape index (κ1) is 36.9. The molecule has 10 heteroatoms. The minimum atomic E-state index is -10.7. The molecule has 0 fully saturated rings. The zero-order chi connectivity index (χ0) is 20.6. The SMILES string of the molecule is CC#N.CP(C)C.C[C]1C(C)=C(C)C(C)=C1C.F[P-](F)(F)(F)(F)F.[CH3-].[Ir]. The second-order valence-electron chi connectivity index (χ2n) is 5.65. The van der Waals surface area contributed by atoms with E-state index >= 15 is 0 Å². The van der Waals surface area contributed by atoms with Gasteiger partial charge < -0.3 is 7.43 Å². The number of nitriles is 1. The molecule has 1 aliphatic carbocycles. The Balaban J connectivity index is -0.0000000815. The Kier molecular flexibility index (Phi) is 17.7. The van der Waals surface area contributed by atoms with Crippen LogP contribution >= 0.6 is 15.7 Å². The molecule has 0 saturated heterocycles. The molecular weight excluding hydrogens is 574 g/mol. The van der Waals surface area contributed by atoms with Gasteiger partial charge in [0.15, 0.2) is 0 Å². The average Bonchev–Trinajstić information content (AvgIpc) is 2.44. The van der Waals surface area contributed by atoms with Gasteiger partial charge in [0.05, 0.1) is 6.07 Å². The van der Waals surface area contributed by atoms with Crippen molar-refractivity contribution < 1.29 is 45.3 Å². The molecule has 0 bridgehead atoms. The number of halogens is 6. The van der Waals surface area contributed by atoms with Crippen molar-refractivity contribution in [3.63, 3.8) is 0 Å². The van der Waals surface area contributed by atoms with Crippen molar-refractivity contribution in [1.29, 1.82) is 5.26 Å². The molecule has 162 valence electrons. The third kappa shape index (κ3) is 31.8. The van der Waals surface area contributed by atoms with E-state index in [-0.39, 0.29) is 27.5 Å². The van der Waals surface area contributed by atoms with Crippen LogP contribution in [0.2, 0.25) is 0 Å². The van der Waals surface area contributed by atoms with E-state index in [2.05, 4.69) is 54.6 Å². The zero-order valence-electron chi connectivity index (χ0n) is 16.9. The van der Waals surface area contributed by atoms with E-state index in [0.717, 1.165) is 0 Å². The van der Waals surface area contributed by atoms with Crippen molar-refractivity contribution in [3.05, 3.63) is 35.6 Å². The van der Waals surface area contributed by atoms with E-state index in [1.165, 1.54) is 35.1 Å². The van der Waals surface area contributed by atoms with Gasteiger partial charge in [-0.2, -0.15) is 5.26 Å². The van der Waals surface area contributed by atoms with Crippen LogP contribution in [0, 0.1) is 24.7 Å². The fourth-order valence-corrected chi connectivity index (χ4v) is 1.41. The van der Waals surface area contributed by atoms with Crippen molar-refractivity contribution in [2.75, 3.05) is 20.0 Å². The van der Waals surface area contributed by atoms with Gasteiger partial charge in [-0.1, -0.05) is 18.1 Å². The molecule has 0 heterocycles. The number of hydrogen-bond donors (Lipinski definition) is 0. The van der Waals surface area contributed by atoms with Crippen molar-refractivity contribution >= 4 is 15.7 Å². The predicted molar refractivity (Wildman–Crippen MR) is 102 cm³/mol. The summed E-state index contributed by atoms with van der Waals surface area (Å²) in [5, 5.41) is 7.32. The average molecular weight is 605 g/mol. The molecule has 2 radical (unpaired) electrons. The molecule has 0 aromatic carbocycles. The Hall–Kier alpha value is 0.0594. The fraction of sp³-hybridized carbons (Fsp3) is 0.562. The first-order valence-corrected chi connectivity index (χ1v) is 11.5. The van der Waals surface area contributed by atoms with E-state index < -0.39 is 7.81 Å². The summed E-state index contributed by atoms with van der Waals surface area (Å²) in [6.07, 6.45) is 0. The van der Waals surface area contributed by atoms with Crippen molar-refractivity contribution in [2.24, 2.45) is 0 Å². The predicted octanol–water partition coefficient (Wildman–Crippen LogP) is 8.98. The minimum absolute atomic E-state index is 0. The Morgan fingerprint density at radius 1 is 0.731 bits per heavy atom. The maximum Gasteiger partial charge on any atom is 0 e. The van der Waals surface area contributed by atoms with E-state index in [0.29, 0.717) is 7.92 Å². The summed E-state index contributed by atoms with van der Waals surface area (Å²) in [6, 6.07) is 1.75. The first-order valence-electron chi connectivity index (χ1n) is 6.83. The molecule has 0 saturated carbocycles. The Morgan fingerprint density at radius 2 is 0.846 bits per heavy atom. The maximum atomic E-state index is 9.87. The summed E-state index contributed by atoms with van der Waals surface area (Å²) >= 11 is 0. The molecule has 1 nitrogen and oxygen atoms in total. The van der Waals surface area contributed by atoms with Gasteiger partial charge in [0.2, 0.25) is 0 Å². The summed E-state index contributed by atoms with van der Waals surface area (Å²) < 4.78 is 59.2. The van der Waals surface area contributed by atoms with Crippen molar-refractivity contribution in [2.45, 2.75) is 41.5 Å². The van der Waals surface area contributed by atoms with Gasteiger partial charge in [0.1, 0.15) is 0 Å². The van der Waals surface area contributed by atoms with Gasteiger partial charge >= 0.3 is 33.0 Å². The molecule has 1 rings (SSSR count). The second-order valence-corrected chi connectivity index (χ2v) is 10.2. The summed E-state index contributed by atoms with van der Waals surface area (Å²) in [7, 11) is -10.3. The Bertz CT molecular complexity index is 478. The molecule has 0 aromatic heterocycles. The maximum absolute atomic E-state index is 10.7. The van der Waals surface area contributed by atoms with E-state index in [1.54, 1.807) is 6.07 Å². The monoisotopic (exact) mass is 605 g/mol. The minimum Gasteiger partial charge on any atom is -0.358 e. The van der Waals surface area contributed by atoms with Gasteiger partial charge in [-0.05, 0) is 58.8 Å². The topological polar surface area (TPSA) is 23.8 Å². The normalized spacial score (nSPS) is 16.1. The second kappa shape index (κ2) is 12.5. The quantitative estimate of drug-likeness (QED) is 0.154. The molecule has 0 atom stereocenters. The van der Waals surface area contributed by atoms with Gasteiger partial charge in [-0.3, -0.25) is 0 Å². The molecule has 0 aliphatic heterocycles. The smallest absolute Gasteiger partial charge is 0 e. The summed E-state index contributed by atoms with van der Waals surface area (Å²) in [6.45, 7) is 19.1. The van der Waals surface area contributed by atoms with Gasteiger partial charge in [-0.25, -0.2) is 0 Å². The third-order valence-electron chi connectivity index (χ3n) is 2.81. The van der Waals surface area contributed by atoms with Crippen LogP contribution in [0.4, 0.5) is 25.2 Å². The van der Waals surface area contributed by atoms with Crippen LogP contribution in [0.15, 0.2) is 22.3 Å². The van der Waals surface area contributed by atoms with Gasteiger partial charge in [0.25, 0.3) is 0 Å². The van der Waals surface area contributed by atoms with Gasteiger partial charge in [-0.15, -0.1) is 7.92 Å². The standard InChI is InChI=1S/C10H15.C3H9P.C2H3N.CH3.F6P.Ir/c1-6-7(2)9(4)10(5)8(6)3;1-4(2)3;1-2-3;;1-7(2,3,4,5)6;/h1-5H3;1-3H3;1H3;1H3;;/q;;;2*-1;.